The van der Waals surface area contributed by atoms with E-state index in [1.54, 1.807) is 6.07 Å². The van der Waals surface area contributed by atoms with E-state index in [1.165, 1.54) is 17.0 Å². The number of anilines is 1. The second kappa shape index (κ2) is 6.07. The Kier molecular flexibility index (Phi) is 4.62. The number of nitrogens with zero attached hydrogens (tertiary/aromatic N) is 1. The average Bonchev–Trinajstić information content (AvgIpc) is 2.41. The van der Waals surface area contributed by atoms with Gasteiger partial charge in [0.1, 0.15) is 17.9 Å². The molecule has 0 bridgehead atoms. The minimum atomic E-state index is -0.538. The van der Waals surface area contributed by atoms with Crippen molar-refractivity contribution in [2.75, 3.05) is 4.90 Å². The van der Waals surface area contributed by atoms with Crippen LogP contribution in [0.4, 0.5) is 10.1 Å². The van der Waals surface area contributed by atoms with Gasteiger partial charge >= 0.3 is 0 Å². The molecule has 0 aromatic heterocycles. The molecule has 2 unspecified atom stereocenters. The molecular weight excluding hydrogens is 374 g/mol. The Balaban J connectivity index is 2.47. The molecular formula is C14H16FIN2O2. The van der Waals surface area contributed by atoms with Gasteiger partial charge in [-0.3, -0.25) is 14.5 Å². The van der Waals surface area contributed by atoms with E-state index in [9.17, 15) is 14.0 Å². The van der Waals surface area contributed by atoms with Crippen molar-refractivity contribution < 1.29 is 14.0 Å². The Bertz CT molecular complexity index is 550. The van der Waals surface area contributed by atoms with Crippen LogP contribution in [0.25, 0.3) is 0 Å². The molecule has 6 heteroatoms. The third-order valence-corrected chi connectivity index (χ3v) is 4.29. The molecule has 0 radical (unpaired) electrons. The number of rotatable bonds is 3. The molecule has 2 atom stereocenters. The van der Waals surface area contributed by atoms with E-state index in [2.05, 4.69) is 5.32 Å². The summed E-state index contributed by atoms with van der Waals surface area (Å²) in [5.41, 5.74) is 0.595. The maximum Gasteiger partial charge on any atom is 0.250 e. The lowest BCUT2D eigenvalue weighted by Gasteiger charge is -2.38. The highest BCUT2D eigenvalue weighted by Gasteiger charge is 2.40. The minimum absolute atomic E-state index is 0.136. The van der Waals surface area contributed by atoms with Crippen LogP contribution in [0.3, 0.4) is 0 Å². The van der Waals surface area contributed by atoms with Crippen LogP contribution >= 0.6 is 22.6 Å². The smallest absolute Gasteiger partial charge is 0.250 e. The number of carbonyl (C=O) groups is 2. The molecule has 2 rings (SSSR count). The molecule has 1 heterocycles. The van der Waals surface area contributed by atoms with Crippen LogP contribution in [-0.4, -0.2) is 23.9 Å². The van der Waals surface area contributed by atoms with Gasteiger partial charge in [-0.05, 0) is 53.6 Å². The summed E-state index contributed by atoms with van der Waals surface area (Å²) in [6.45, 7) is 3.70. The average molecular weight is 390 g/mol. The standard InChI is InChI=1S/C14H16FIN2O2/c1-3-10-14(20)18(11(4-2)13(19)17-10)12-6-5-8(15)7-9(12)16/h5-7,10-11H,3-4H2,1-2H3,(H,17,19). The number of nitrogens with one attached hydrogen (secondary N) is 1. The largest absolute Gasteiger partial charge is 0.342 e. The normalized spacial score (nSPS) is 22.9. The Labute approximate surface area is 130 Å². The molecule has 0 saturated carbocycles. The number of benzene rings is 1. The zero-order valence-electron chi connectivity index (χ0n) is 11.3. The summed E-state index contributed by atoms with van der Waals surface area (Å²) >= 11 is 1.99. The number of carbonyl (C=O) groups excluding carboxylic acids is 2. The monoisotopic (exact) mass is 390 g/mol. The van der Waals surface area contributed by atoms with E-state index >= 15 is 0 Å². The summed E-state index contributed by atoms with van der Waals surface area (Å²) in [7, 11) is 0. The zero-order valence-corrected chi connectivity index (χ0v) is 13.5. The van der Waals surface area contributed by atoms with Gasteiger partial charge in [-0.2, -0.15) is 0 Å². The second-order valence-corrected chi connectivity index (χ2v) is 5.86. The Hall–Kier alpha value is -1.18. The first-order valence-corrected chi connectivity index (χ1v) is 7.66. The fourth-order valence-corrected chi connectivity index (χ4v) is 3.11. The van der Waals surface area contributed by atoms with Crippen LogP contribution < -0.4 is 10.2 Å². The van der Waals surface area contributed by atoms with Crippen molar-refractivity contribution in [2.45, 2.75) is 38.8 Å². The van der Waals surface area contributed by atoms with Gasteiger partial charge in [0.05, 0.1) is 5.69 Å². The third-order valence-electron chi connectivity index (χ3n) is 3.43. The number of hydrogen-bond donors (Lipinski definition) is 1. The summed E-state index contributed by atoms with van der Waals surface area (Å²) in [5, 5.41) is 2.74. The van der Waals surface area contributed by atoms with Gasteiger partial charge < -0.3 is 5.32 Å². The summed E-state index contributed by atoms with van der Waals surface area (Å²) in [4.78, 5) is 26.2. The van der Waals surface area contributed by atoms with Crippen molar-refractivity contribution in [3.8, 4) is 0 Å². The summed E-state index contributed by atoms with van der Waals surface area (Å²) < 4.78 is 13.8. The molecule has 1 saturated heterocycles. The van der Waals surface area contributed by atoms with Crippen molar-refractivity contribution >= 4 is 40.1 Å². The fraction of sp³-hybridized carbons (Fsp3) is 0.429. The SMILES string of the molecule is CCC1NC(=O)C(CC)N(c2ccc(F)cc2I)C1=O. The van der Waals surface area contributed by atoms with Crippen molar-refractivity contribution in [1.82, 2.24) is 5.32 Å². The first-order valence-electron chi connectivity index (χ1n) is 6.58. The molecule has 4 nitrogen and oxygen atoms in total. The van der Waals surface area contributed by atoms with Crippen LogP contribution in [-0.2, 0) is 9.59 Å². The number of piperazine rings is 1. The van der Waals surface area contributed by atoms with Crippen molar-refractivity contribution in [2.24, 2.45) is 0 Å². The molecule has 20 heavy (non-hydrogen) atoms. The zero-order chi connectivity index (χ0) is 14.9. The second-order valence-electron chi connectivity index (χ2n) is 4.70. The topological polar surface area (TPSA) is 49.4 Å². The van der Waals surface area contributed by atoms with Crippen molar-refractivity contribution in [3.05, 3.63) is 27.6 Å². The van der Waals surface area contributed by atoms with Gasteiger partial charge in [-0.15, -0.1) is 0 Å². The van der Waals surface area contributed by atoms with Crippen molar-refractivity contribution in [3.63, 3.8) is 0 Å². The van der Waals surface area contributed by atoms with E-state index in [4.69, 9.17) is 0 Å². The minimum Gasteiger partial charge on any atom is -0.342 e. The van der Waals surface area contributed by atoms with E-state index in [-0.39, 0.29) is 17.6 Å². The molecule has 1 N–H and O–H groups in total. The molecule has 1 fully saturated rings. The predicted molar refractivity (Wildman–Crippen MR) is 82.9 cm³/mol. The third kappa shape index (κ3) is 2.65. The van der Waals surface area contributed by atoms with Gasteiger partial charge in [0.15, 0.2) is 0 Å². The maximum absolute atomic E-state index is 13.2. The van der Waals surface area contributed by atoms with Crippen LogP contribution in [0, 0.1) is 9.39 Å². The Morgan fingerprint density at radius 1 is 1.30 bits per heavy atom. The number of halogens is 2. The lowest BCUT2D eigenvalue weighted by atomic mass is 10.0. The summed E-state index contributed by atoms with van der Waals surface area (Å²) in [6.07, 6.45) is 1.05. The molecule has 108 valence electrons. The predicted octanol–water partition coefficient (Wildman–Crippen LogP) is 2.45. The summed E-state index contributed by atoms with van der Waals surface area (Å²) in [5.74, 6) is -0.644. The van der Waals surface area contributed by atoms with E-state index in [0.29, 0.717) is 22.1 Å². The van der Waals surface area contributed by atoms with Gasteiger partial charge in [-0.25, -0.2) is 4.39 Å². The molecule has 1 aliphatic rings. The van der Waals surface area contributed by atoms with Gasteiger partial charge in [0, 0.05) is 3.57 Å². The quantitative estimate of drug-likeness (QED) is 0.807. The van der Waals surface area contributed by atoms with Crippen LogP contribution in [0.1, 0.15) is 26.7 Å². The van der Waals surface area contributed by atoms with E-state index in [1.807, 2.05) is 36.4 Å². The Morgan fingerprint density at radius 3 is 2.55 bits per heavy atom. The van der Waals surface area contributed by atoms with Crippen molar-refractivity contribution in [1.29, 1.82) is 0 Å². The molecule has 0 aliphatic carbocycles. The molecule has 0 spiro atoms. The number of hydrogen-bond acceptors (Lipinski definition) is 2. The lowest BCUT2D eigenvalue weighted by molar-refractivity contribution is -0.134. The van der Waals surface area contributed by atoms with E-state index < -0.39 is 12.1 Å². The van der Waals surface area contributed by atoms with Crippen LogP contribution in [0.5, 0.6) is 0 Å². The maximum atomic E-state index is 13.2. The Morgan fingerprint density at radius 2 is 2.00 bits per heavy atom. The van der Waals surface area contributed by atoms with Crippen LogP contribution in [0.15, 0.2) is 18.2 Å². The van der Waals surface area contributed by atoms with Gasteiger partial charge in [0.25, 0.3) is 0 Å². The molecule has 1 aromatic carbocycles. The highest BCUT2D eigenvalue weighted by atomic mass is 127. The van der Waals surface area contributed by atoms with Gasteiger partial charge in [-0.1, -0.05) is 13.8 Å². The highest BCUT2D eigenvalue weighted by molar-refractivity contribution is 14.1. The molecule has 1 aliphatic heterocycles. The van der Waals surface area contributed by atoms with Crippen LogP contribution in [0.2, 0.25) is 0 Å². The summed E-state index contributed by atoms with van der Waals surface area (Å²) in [6, 6.07) is 3.19. The first kappa shape index (κ1) is 15.2. The molecule has 1 aromatic rings. The lowest BCUT2D eigenvalue weighted by Crippen LogP contribution is -2.63. The number of amides is 2. The van der Waals surface area contributed by atoms with E-state index in [0.717, 1.165) is 0 Å². The first-order chi connectivity index (χ1) is 9.49. The molecule has 2 amide bonds. The van der Waals surface area contributed by atoms with Gasteiger partial charge in [0.2, 0.25) is 11.8 Å². The fourth-order valence-electron chi connectivity index (χ4n) is 2.38. The highest BCUT2D eigenvalue weighted by Crippen LogP contribution is 2.29.